The highest BCUT2D eigenvalue weighted by molar-refractivity contribution is 7.41. The van der Waals surface area contributed by atoms with Gasteiger partial charge in [-0.15, -0.1) is 0 Å². The molecule has 2 aliphatic carbocycles. The highest BCUT2D eigenvalue weighted by Gasteiger charge is 2.37. The van der Waals surface area contributed by atoms with Crippen LogP contribution in [0, 0.1) is 6.92 Å². The van der Waals surface area contributed by atoms with E-state index in [9.17, 15) is 9.90 Å². The Hall–Kier alpha value is -2.06. The van der Waals surface area contributed by atoms with Crippen LogP contribution >= 0.6 is 8.58 Å². The zero-order valence-corrected chi connectivity index (χ0v) is 18.7. The number of carbonyl (C=O) groups is 1. The first-order valence-corrected chi connectivity index (χ1v) is 12.2. The molecule has 4 nitrogen and oxygen atoms in total. The number of rotatable bonds is 7. The zero-order valence-electron chi connectivity index (χ0n) is 17.7. The summed E-state index contributed by atoms with van der Waals surface area (Å²) >= 11 is 0. The Morgan fingerprint density at radius 1 is 1.23 bits per heavy atom. The lowest BCUT2D eigenvalue weighted by Gasteiger charge is -2.26. The normalized spacial score (nSPS) is 19.4. The highest BCUT2D eigenvalue weighted by atomic mass is 31.1. The molecule has 2 aromatic rings. The van der Waals surface area contributed by atoms with Gasteiger partial charge >= 0.3 is 5.97 Å². The summed E-state index contributed by atoms with van der Waals surface area (Å²) in [6.45, 7) is 2.82. The molecule has 158 valence electrons. The quantitative estimate of drug-likeness (QED) is 0.568. The van der Waals surface area contributed by atoms with E-state index in [1.54, 1.807) is 7.11 Å². The predicted molar refractivity (Wildman–Crippen MR) is 121 cm³/mol. The van der Waals surface area contributed by atoms with E-state index in [4.69, 9.17) is 9.47 Å². The summed E-state index contributed by atoms with van der Waals surface area (Å²) in [4.78, 5) is 12.4. The molecule has 0 amide bonds. The molecule has 0 radical (unpaired) electrons. The van der Waals surface area contributed by atoms with Gasteiger partial charge in [-0.3, -0.25) is 4.79 Å². The monoisotopic (exact) mass is 424 g/mol. The van der Waals surface area contributed by atoms with Gasteiger partial charge in [0.05, 0.1) is 19.4 Å². The molecule has 5 heteroatoms. The number of methoxy groups -OCH3 is 1. The fourth-order valence-corrected chi connectivity index (χ4v) is 6.38. The molecule has 0 aromatic heterocycles. The van der Waals surface area contributed by atoms with E-state index >= 15 is 0 Å². The van der Waals surface area contributed by atoms with Gasteiger partial charge in [-0.2, -0.15) is 0 Å². The Morgan fingerprint density at radius 2 is 2.03 bits per heavy atom. The second-order valence-corrected chi connectivity index (χ2v) is 10.6. The van der Waals surface area contributed by atoms with Crippen LogP contribution in [-0.4, -0.2) is 30.5 Å². The summed E-state index contributed by atoms with van der Waals surface area (Å²) in [7, 11) is 2.16. The summed E-state index contributed by atoms with van der Waals surface area (Å²) in [6, 6.07) is 8.49. The SMILES string of the molecule is COc1cc(C)c(C(PC2CC2)C(=O)O)c(-c2ccc3c(c2)CCCO3)c1C1CC1. The molecule has 2 saturated carbocycles. The molecule has 2 atom stereocenters. The van der Waals surface area contributed by atoms with Crippen LogP contribution in [0.15, 0.2) is 24.3 Å². The van der Waals surface area contributed by atoms with Crippen LogP contribution in [-0.2, 0) is 11.2 Å². The molecule has 1 heterocycles. The van der Waals surface area contributed by atoms with E-state index in [1.165, 1.54) is 24.0 Å². The molecular formula is C25H29O4P. The van der Waals surface area contributed by atoms with E-state index in [-0.39, 0.29) is 0 Å². The van der Waals surface area contributed by atoms with Gasteiger partial charge in [-0.05, 0) is 103 Å². The van der Waals surface area contributed by atoms with Crippen molar-refractivity contribution in [2.75, 3.05) is 13.7 Å². The third-order valence-electron chi connectivity index (χ3n) is 6.49. The standard InChI is InChI=1S/C25H29O4P/c1-14-12-20(28-2)22(15-5-6-15)23(21(14)24(25(26)27)30-18-8-9-18)17-7-10-19-16(13-17)4-3-11-29-19/h7,10,12-13,15,18,24,30H,3-6,8-9,11H2,1-2H3,(H,26,27). The van der Waals surface area contributed by atoms with E-state index in [0.717, 1.165) is 66.0 Å². The van der Waals surface area contributed by atoms with Crippen molar-refractivity contribution in [2.45, 2.75) is 62.7 Å². The molecule has 1 aliphatic heterocycles. The lowest BCUT2D eigenvalue weighted by atomic mass is 9.85. The minimum Gasteiger partial charge on any atom is -0.496 e. The number of carboxylic acids is 1. The minimum absolute atomic E-state index is 0.435. The van der Waals surface area contributed by atoms with Crippen molar-refractivity contribution in [1.82, 2.24) is 0 Å². The van der Waals surface area contributed by atoms with Crippen LogP contribution in [0.2, 0.25) is 0 Å². The van der Waals surface area contributed by atoms with Crippen LogP contribution < -0.4 is 9.47 Å². The van der Waals surface area contributed by atoms with Crippen molar-refractivity contribution in [1.29, 1.82) is 0 Å². The van der Waals surface area contributed by atoms with E-state index in [1.807, 2.05) is 6.92 Å². The van der Waals surface area contributed by atoms with Crippen LogP contribution in [0.4, 0.5) is 0 Å². The minimum atomic E-state index is -0.696. The first kappa shape index (κ1) is 19.9. The van der Waals surface area contributed by atoms with Gasteiger partial charge in [0.1, 0.15) is 11.5 Å². The average Bonchev–Trinajstić information content (AvgIpc) is 3.65. The van der Waals surface area contributed by atoms with Crippen LogP contribution in [0.1, 0.15) is 65.9 Å². The van der Waals surface area contributed by atoms with Crippen molar-refractivity contribution < 1.29 is 19.4 Å². The van der Waals surface area contributed by atoms with Crippen LogP contribution in [0.5, 0.6) is 11.5 Å². The summed E-state index contributed by atoms with van der Waals surface area (Å²) in [5.41, 5.74) is 6.83. The fraction of sp³-hybridized carbons (Fsp3) is 0.480. The number of hydrogen-bond donors (Lipinski definition) is 1. The summed E-state index contributed by atoms with van der Waals surface area (Å²) in [5.74, 6) is 1.63. The molecule has 2 fully saturated rings. The number of benzene rings is 2. The highest BCUT2D eigenvalue weighted by Crippen LogP contribution is 2.56. The van der Waals surface area contributed by atoms with E-state index in [0.29, 0.717) is 20.2 Å². The molecule has 0 spiro atoms. The summed E-state index contributed by atoms with van der Waals surface area (Å²) in [6.07, 6.45) is 6.64. The average molecular weight is 424 g/mol. The molecular weight excluding hydrogens is 395 g/mol. The van der Waals surface area contributed by atoms with E-state index < -0.39 is 11.6 Å². The molecule has 0 bridgehead atoms. The first-order valence-electron chi connectivity index (χ1n) is 11.0. The van der Waals surface area contributed by atoms with Crippen molar-refractivity contribution in [3.8, 4) is 22.6 Å². The molecule has 3 aliphatic rings. The number of hydrogen-bond acceptors (Lipinski definition) is 3. The number of aryl methyl sites for hydroxylation is 2. The van der Waals surface area contributed by atoms with E-state index in [2.05, 4.69) is 24.3 Å². The molecule has 30 heavy (non-hydrogen) atoms. The Labute approximate surface area is 179 Å². The van der Waals surface area contributed by atoms with Gasteiger partial charge in [0.25, 0.3) is 0 Å². The fourth-order valence-electron chi connectivity index (χ4n) is 4.73. The molecule has 2 aromatic carbocycles. The third kappa shape index (κ3) is 3.71. The number of carboxylic acid groups (broad SMARTS) is 1. The topological polar surface area (TPSA) is 55.8 Å². The third-order valence-corrected chi connectivity index (χ3v) is 8.41. The van der Waals surface area contributed by atoms with Crippen LogP contribution in [0.3, 0.4) is 0 Å². The second kappa shape index (κ2) is 7.89. The van der Waals surface area contributed by atoms with Gasteiger partial charge in [-0.25, -0.2) is 0 Å². The van der Waals surface area contributed by atoms with Crippen molar-refractivity contribution in [2.24, 2.45) is 0 Å². The number of fused-ring (bicyclic) bond motifs is 1. The van der Waals surface area contributed by atoms with Crippen molar-refractivity contribution >= 4 is 14.6 Å². The van der Waals surface area contributed by atoms with Gasteiger partial charge < -0.3 is 14.6 Å². The van der Waals surface area contributed by atoms with Gasteiger partial charge in [0, 0.05) is 5.56 Å². The molecule has 1 N–H and O–H groups in total. The summed E-state index contributed by atoms with van der Waals surface area (Å²) in [5, 5.41) is 10.2. The molecule has 0 saturated heterocycles. The van der Waals surface area contributed by atoms with Gasteiger partial charge in [0.2, 0.25) is 0 Å². The summed E-state index contributed by atoms with van der Waals surface area (Å²) < 4.78 is 11.7. The van der Waals surface area contributed by atoms with Crippen molar-refractivity contribution in [3.63, 3.8) is 0 Å². The Balaban J connectivity index is 1.74. The lowest BCUT2D eigenvalue weighted by Crippen LogP contribution is -2.13. The van der Waals surface area contributed by atoms with Crippen molar-refractivity contribution in [3.05, 3.63) is 46.5 Å². The maximum absolute atomic E-state index is 12.4. The zero-order chi connectivity index (χ0) is 20.8. The smallest absolute Gasteiger partial charge is 0.315 e. The predicted octanol–water partition coefficient (Wildman–Crippen LogP) is 5.84. The number of aliphatic carboxylic acids is 1. The molecule has 2 unspecified atom stereocenters. The van der Waals surface area contributed by atoms with Gasteiger partial charge in [0.15, 0.2) is 0 Å². The second-order valence-electron chi connectivity index (χ2n) is 8.86. The largest absolute Gasteiger partial charge is 0.496 e. The Bertz CT molecular complexity index is 991. The maximum Gasteiger partial charge on any atom is 0.315 e. The van der Waals surface area contributed by atoms with Crippen LogP contribution in [0.25, 0.3) is 11.1 Å². The Kier molecular flexibility index (Phi) is 5.23. The lowest BCUT2D eigenvalue weighted by molar-refractivity contribution is -0.136. The Morgan fingerprint density at radius 3 is 2.70 bits per heavy atom. The maximum atomic E-state index is 12.4. The van der Waals surface area contributed by atoms with Gasteiger partial charge in [-0.1, -0.05) is 14.6 Å². The molecule has 5 rings (SSSR count). The first-order chi connectivity index (χ1) is 14.6. The number of ether oxygens (including phenoxy) is 2.